The minimum absolute atomic E-state index is 0.0238. The molecule has 0 aliphatic heterocycles. The molecule has 1 atom stereocenters. The van der Waals surface area contributed by atoms with Crippen molar-refractivity contribution in [1.82, 2.24) is 4.98 Å². The molecule has 1 aromatic carbocycles. The Morgan fingerprint density at radius 2 is 2.00 bits per heavy atom. The van der Waals surface area contributed by atoms with Gasteiger partial charge in [0.1, 0.15) is 5.82 Å². The van der Waals surface area contributed by atoms with Crippen LogP contribution in [0.15, 0.2) is 42.6 Å². The van der Waals surface area contributed by atoms with Crippen LogP contribution in [0.4, 0.5) is 17.2 Å². The van der Waals surface area contributed by atoms with E-state index in [0.717, 1.165) is 17.1 Å². The SMILES string of the molecule is CC(Nc1ccc(N(C)CCO)cn1)c1ccc([N+](=O)[O-])cc1. The molecule has 0 aliphatic rings. The Kier molecular flexibility index (Phi) is 5.48. The molecule has 1 unspecified atom stereocenters. The van der Waals surface area contributed by atoms with Gasteiger partial charge in [-0.3, -0.25) is 10.1 Å². The minimum Gasteiger partial charge on any atom is -0.395 e. The molecule has 2 rings (SSSR count). The van der Waals surface area contributed by atoms with Gasteiger partial charge in [-0.1, -0.05) is 12.1 Å². The number of aromatic nitrogens is 1. The third-order valence-corrected chi connectivity index (χ3v) is 3.59. The zero-order chi connectivity index (χ0) is 16.8. The Morgan fingerprint density at radius 3 is 2.52 bits per heavy atom. The third kappa shape index (κ3) is 4.40. The lowest BCUT2D eigenvalue weighted by Crippen LogP contribution is -2.21. The number of aliphatic hydroxyl groups excluding tert-OH is 1. The number of pyridine rings is 1. The highest BCUT2D eigenvalue weighted by molar-refractivity contribution is 5.49. The Labute approximate surface area is 134 Å². The van der Waals surface area contributed by atoms with E-state index < -0.39 is 4.92 Å². The van der Waals surface area contributed by atoms with Crippen LogP contribution in [0.1, 0.15) is 18.5 Å². The minimum atomic E-state index is -0.412. The number of aliphatic hydroxyl groups is 1. The van der Waals surface area contributed by atoms with E-state index >= 15 is 0 Å². The van der Waals surface area contributed by atoms with E-state index in [4.69, 9.17) is 5.11 Å². The van der Waals surface area contributed by atoms with Gasteiger partial charge in [0.05, 0.1) is 23.4 Å². The summed E-state index contributed by atoms with van der Waals surface area (Å²) < 4.78 is 0. The molecule has 0 saturated carbocycles. The summed E-state index contributed by atoms with van der Waals surface area (Å²) in [5.41, 5.74) is 1.95. The van der Waals surface area contributed by atoms with E-state index in [-0.39, 0.29) is 18.3 Å². The number of nitrogens with one attached hydrogen (secondary N) is 1. The highest BCUT2D eigenvalue weighted by Crippen LogP contribution is 2.21. The van der Waals surface area contributed by atoms with E-state index in [1.807, 2.05) is 31.0 Å². The Bertz CT molecular complexity index is 643. The number of hydrogen-bond acceptors (Lipinski definition) is 6. The molecule has 122 valence electrons. The number of non-ortho nitro benzene ring substituents is 1. The van der Waals surface area contributed by atoms with E-state index in [1.165, 1.54) is 12.1 Å². The van der Waals surface area contributed by atoms with Crippen molar-refractivity contribution in [3.63, 3.8) is 0 Å². The molecule has 2 N–H and O–H groups in total. The first kappa shape index (κ1) is 16.7. The Hall–Kier alpha value is -2.67. The van der Waals surface area contributed by atoms with Crippen molar-refractivity contribution in [2.45, 2.75) is 13.0 Å². The Balaban J connectivity index is 2.02. The first-order valence-corrected chi connectivity index (χ1v) is 7.30. The average Bonchev–Trinajstić information content (AvgIpc) is 2.55. The molecular formula is C16H20N4O3. The van der Waals surface area contributed by atoms with Crippen LogP contribution in [0.2, 0.25) is 0 Å². The van der Waals surface area contributed by atoms with Gasteiger partial charge < -0.3 is 15.3 Å². The summed E-state index contributed by atoms with van der Waals surface area (Å²) in [5.74, 6) is 0.719. The summed E-state index contributed by atoms with van der Waals surface area (Å²) >= 11 is 0. The fourth-order valence-corrected chi connectivity index (χ4v) is 2.17. The second kappa shape index (κ2) is 7.55. The monoisotopic (exact) mass is 316 g/mol. The predicted octanol–water partition coefficient (Wildman–Crippen LogP) is 2.59. The lowest BCUT2D eigenvalue weighted by molar-refractivity contribution is -0.384. The van der Waals surface area contributed by atoms with E-state index in [1.54, 1.807) is 18.3 Å². The summed E-state index contributed by atoms with van der Waals surface area (Å²) in [6.45, 7) is 2.61. The van der Waals surface area contributed by atoms with Crippen LogP contribution in [-0.4, -0.2) is 35.2 Å². The van der Waals surface area contributed by atoms with Gasteiger partial charge in [-0.2, -0.15) is 0 Å². The molecule has 1 heterocycles. The van der Waals surface area contributed by atoms with Crippen LogP contribution >= 0.6 is 0 Å². The summed E-state index contributed by atoms with van der Waals surface area (Å²) in [7, 11) is 1.89. The summed E-state index contributed by atoms with van der Waals surface area (Å²) in [5, 5.41) is 22.9. The maximum atomic E-state index is 10.7. The van der Waals surface area contributed by atoms with Gasteiger partial charge >= 0.3 is 0 Å². The number of rotatable bonds is 7. The number of likely N-dealkylation sites (N-methyl/N-ethyl adjacent to an activating group) is 1. The average molecular weight is 316 g/mol. The number of benzene rings is 1. The van der Waals surface area contributed by atoms with Gasteiger partial charge in [0.25, 0.3) is 5.69 Å². The van der Waals surface area contributed by atoms with Crippen molar-refractivity contribution in [3.8, 4) is 0 Å². The fraction of sp³-hybridized carbons (Fsp3) is 0.312. The lowest BCUT2D eigenvalue weighted by atomic mass is 10.1. The van der Waals surface area contributed by atoms with Gasteiger partial charge in [0, 0.05) is 31.8 Å². The van der Waals surface area contributed by atoms with Gasteiger partial charge in [-0.05, 0) is 24.6 Å². The largest absolute Gasteiger partial charge is 0.395 e. The topological polar surface area (TPSA) is 91.5 Å². The van der Waals surface area contributed by atoms with Crippen LogP contribution in [-0.2, 0) is 0 Å². The molecule has 23 heavy (non-hydrogen) atoms. The molecule has 7 heteroatoms. The van der Waals surface area contributed by atoms with Crippen molar-refractivity contribution in [3.05, 3.63) is 58.3 Å². The molecule has 0 saturated heterocycles. The highest BCUT2D eigenvalue weighted by Gasteiger charge is 2.10. The van der Waals surface area contributed by atoms with Crippen LogP contribution in [0.3, 0.4) is 0 Å². The maximum Gasteiger partial charge on any atom is 0.269 e. The smallest absolute Gasteiger partial charge is 0.269 e. The van der Waals surface area contributed by atoms with Crippen LogP contribution in [0, 0.1) is 10.1 Å². The molecule has 1 aromatic heterocycles. The summed E-state index contributed by atoms with van der Waals surface area (Å²) in [4.78, 5) is 16.5. The fourth-order valence-electron chi connectivity index (χ4n) is 2.17. The number of nitro benzene ring substituents is 1. The molecule has 0 amide bonds. The maximum absolute atomic E-state index is 10.7. The van der Waals surface area contributed by atoms with Crippen LogP contribution < -0.4 is 10.2 Å². The molecular weight excluding hydrogens is 296 g/mol. The molecule has 0 bridgehead atoms. The summed E-state index contributed by atoms with van der Waals surface area (Å²) in [6.07, 6.45) is 1.74. The van der Waals surface area contributed by atoms with Crippen LogP contribution in [0.5, 0.6) is 0 Å². The van der Waals surface area contributed by atoms with E-state index in [9.17, 15) is 10.1 Å². The first-order valence-electron chi connectivity index (χ1n) is 7.30. The second-order valence-electron chi connectivity index (χ2n) is 5.26. The summed E-state index contributed by atoms with van der Waals surface area (Å²) in [6, 6.07) is 10.2. The standard InChI is InChI=1S/C16H20N4O3/c1-12(13-3-5-14(6-4-13)20(22)23)18-16-8-7-15(11-17-16)19(2)9-10-21/h3-8,11-12,21H,9-10H2,1-2H3,(H,17,18). The number of hydrogen-bond donors (Lipinski definition) is 2. The van der Waals surface area contributed by atoms with Crippen molar-refractivity contribution >= 4 is 17.2 Å². The molecule has 7 nitrogen and oxygen atoms in total. The molecule has 0 spiro atoms. The molecule has 0 fully saturated rings. The lowest BCUT2D eigenvalue weighted by Gasteiger charge is -2.19. The normalized spacial score (nSPS) is 11.8. The van der Waals surface area contributed by atoms with Crippen molar-refractivity contribution in [1.29, 1.82) is 0 Å². The van der Waals surface area contributed by atoms with Crippen molar-refractivity contribution in [2.24, 2.45) is 0 Å². The van der Waals surface area contributed by atoms with Crippen LogP contribution in [0.25, 0.3) is 0 Å². The van der Waals surface area contributed by atoms with E-state index in [0.29, 0.717) is 6.54 Å². The third-order valence-electron chi connectivity index (χ3n) is 3.59. The number of nitro groups is 1. The highest BCUT2D eigenvalue weighted by atomic mass is 16.6. The Morgan fingerprint density at radius 1 is 1.30 bits per heavy atom. The van der Waals surface area contributed by atoms with Gasteiger partial charge in [-0.15, -0.1) is 0 Å². The molecule has 2 aromatic rings. The second-order valence-corrected chi connectivity index (χ2v) is 5.26. The number of anilines is 2. The molecule has 0 aliphatic carbocycles. The zero-order valence-electron chi connectivity index (χ0n) is 13.1. The first-order chi connectivity index (χ1) is 11.0. The van der Waals surface area contributed by atoms with Crippen molar-refractivity contribution in [2.75, 3.05) is 30.4 Å². The van der Waals surface area contributed by atoms with Crippen molar-refractivity contribution < 1.29 is 10.0 Å². The number of nitrogens with zero attached hydrogens (tertiary/aromatic N) is 3. The van der Waals surface area contributed by atoms with Gasteiger partial charge in [0.15, 0.2) is 0 Å². The quantitative estimate of drug-likeness (QED) is 0.602. The van der Waals surface area contributed by atoms with E-state index in [2.05, 4.69) is 10.3 Å². The van der Waals surface area contributed by atoms with Gasteiger partial charge in [-0.25, -0.2) is 4.98 Å². The van der Waals surface area contributed by atoms with Gasteiger partial charge in [0.2, 0.25) is 0 Å². The zero-order valence-corrected chi connectivity index (χ0v) is 13.1. The molecule has 0 radical (unpaired) electrons. The predicted molar refractivity (Wildman–Crippen MR) is 89.7 cm³/mol.